The van der Waals surface area contributed by atoms with Gasteiger partial charge < -0.3 is 9.84 Å². The molecule has 0 aliphatic heterocycles. The van der Waals surface area contributed by atoms with Crippen LogP contribution in [-0.4, -0.2) is 17.7 Å². The van der Waals surface area contributed by atoms with Crippen molar-refractivity contribution >= 4 is 18.6 Å². The summed E-state index contributed by atoms with van der Waals surface area (Å²) in [5.74, 6) is -1.53. The van der Waals surface area contributed by atoms with Crippen molar-refractivity contribution in [1.29, 1.82) is 5.26 Å². The maximum atomic E-state index is 12.1. The van der Waals surface area contributed by atoms with Crippen molar-refractivity contribution in [3.8, 4) is 11.8 Å². The second-order valence-corrected chi connectivity index (χ2v) is 3.46. The molecule has 1 aromatic carbocycles. The van der Waals surface area contributed by atoms with Crippen molar-refractivity contribution in [2.24, 2.45) is 0 Å². The van der Waals surface area contributed by atoms with Crippen molar-refractivity contribution in [2.45, 2.75) is 17.9 Å². The Hall–Kier alpha value is -1.81. The van der Waals surface area contributed by atoms with E-state index < -0.39 is 18.3 Å². The van der Waals surface area contributed by atoms with Crippen LogP contribution in [0.3, 0.4) is 0 Å². The number of halogens is 2. The van der Waals surface area contributed by atoms with Gasteiger partial charge in [0.1, 0.15) is 6.07 Å². The first-order valence-corrected chi connectivity index (χ1v) is 4.82. The van der Waals surface area contributed by atoms with Gasteiger partial charge in [0.05, 0.1) is 16.9 Å². The Labute approximate surface area is 101 Å². The summed E-state index contributed by atoms with van der Waals surface area (Å²) in [6, 6.07) is 4.23. The summed E-state index contributed by atoms with van der Waals surface area (Å²) in [7, 11) is 0. The van der Waals surface area contributed by atoms with Crippen LogP contribution in [0.15, 0.2) is 17.0 Å². The number of thiol groups is 1. The highest BCUT2D eigenvalue weighted by molar-refractivity contribution is 7.80. The van der Waals surface area contributed by atoms with Crippen LogP contribution in [0.1, 0.15) is 11.1 Å². The van der Waals surface area contributed by atoms with Crippen molar-refractivity contribution in [1.82, 2.24) is 0 Å². The van der Waals surface area contributed by atoms with Crippen LogP contribution in [0.4, 0.5) is 8.78 Å². The summed E-state index contributed by atoms with van der Waals surface area (Å²) >= 11 is 3.91. The smallest absolute Gasteiger partial charge is 0.387 e. The first-order valence-electron chi connectivity index (χ1n) is 4.37. The number of hydrogen-bond donors (Lipinski definition) is 2. The molecule has 0 aliphatic carbocycles. The molecule has 0 saturated heterocycles. The number of ether oxygens (including phenoxy) is 1. The lowest BCUT2D eigenvalue weighted by Crippen LogP contribution is -2.07. The lowest BCUT2D eigenvalue weighted by atomic mass is 10.1. The molecular weight excluding hydrogens is 252 g/mol. The maximum Gasteiger partial charge on any atom is 0.387 e. The number of carboxylic acids is 1. The molecule has 0 aliphatic rings. The van der Waals surface area contributed by atoms with Crippen LogP contribution in [0.25, 0.3) is 0 Å². The van der Waals surface area contributed by atoms with Crippen LogP contribution in [0.5, 0.6) is 5.75 Å². The lowest BCUT2D eigenvalue weighted by Gasteiger charge is -2.11. The van der Waals surface area contributed by atoms with Crippen molar-refractivity contribution in [2.75, 3.05) is 0 Å². The van der Waals surface area contributed by atoms with E-state index in [9.17, 15) is 13.6 Å². The average molecular weight is 259 g/mol. The van der Waals surface area contributed by atoms with Crippen molar-refractivity contribution in [3.05, 3.63) is 23.3 Å². The molecule has 1 N–H and O–H groups in total. The first-order chi connectivity index (χ1) is 7.95. The molecular formula is C10H7F2NO3S. The Bertz CT molecular complexity index is 485. The van der Waals surface area contributed by atoms with E-state index in [2.05, 4.69) is 17.4 Å². The minimum absolute atomic E-state index is 0.0632. The van der Waals surface area contributed by atoms with Crippen LogP contribution in [-0.2, 0) is 11.2 Å². The predicted molar refractivity (Wildman–Crippen MR) is 56.4 cm³/mol. The summed E-state index contributed by atoms with van der Waals surface area (Å²) in [4.78, 5) is 10.5. The zero-order valence-electron chi connectivity index (χ0n) is 8.35. The van der Waals surface area contributed by atoms with Crippen LogP contribution in [0, 0.1) is 11.3 Å². The molecule has 1 aromatic rings. The highest BCUT2D eigenvalue weighted by Crippen LogP contribution is 2.32. The number of nitriles is 1. The molecule has 17 heavy (non-hydrogen) atoms. The molecule has 0 spiro atoms. The molecule has 0 heterocycles. The number of carboxylic acid groups (broad SMARTS) is 1. The molecule has 4 nitrogen and oxygen atoms in total. The van der Waals surface area contributed by atoms with Gasteiger partial charge in [-0.3, -0.25) is 4.79 Å². The molecule has 0 bridgehead atoms. The topological polar surface area (TPSA) is 70.3 Å². The van der Waals surface area contributed by atoms with Gasteiger partial charge in [-0.25, -0.2) is 0 Å². The van der Waals surface area contributed by atoms with Crippen molar-refractivity contribution in [3.63, 3.8) is 0 Å². The first kappa shape index (κ1) is 13.3. The third kappa shape index (κ3) is 3.32. The number of rotatable bonds is 4. The second-order valence-electron chi connectivity index (χ2n) is 3.01. The fourth-order valence-electron chi connectivity index (χ4n) is 1.21. The SMILES string of the molecule is N#Cc1ccc(CC(=O)O)c(S)c1OC(F)F. The third-order valence-electron chi connectivity index (χ3n) is 1.88. The van der Waals surface area contributed by atoms with E-state index in [0.717, 1.165) is 0 Å². The van der Waals surface area contributed by atoms with E-state index in [1.807, 2.05) is 0 Å². The quantitative estimate of drug-likeness (QED) is 0.812. The summed E-state index contributed by atoms with van der Waals surface area (Å²) in [5, 5.41) is 17.3. The van der Waals surface area contributed by atoms with E-state index in [1.165, 1.54) is 12.1 Å². The molecule has 7 heteroatoms. The molecule has 0 radical (unpaired) electrons. The Balaban J connectivity index is 3.23. The number of benzene rings is 1. The summed E-state index contributed by atoms with van der Waals surface area (Å²) in [6.45, 7) is -3.10. The zero-order chi connectivity index (χ0) is 13.0. The van der Waals surface area contributed by atoms with Crippen LogP contribution >= 0.6 is 12.6 Å². The monoisotopic (exact) mass is 259 g/mol. The highest BCUT2D eigenvalue weighted by atomic mass is 32.1. The molecule has 0 saturated carbocycles. The largest absolute Gasteiger partial charge is 0.481 e. The number of nitrogens with zero attached hydrogens (tertiary/aromatic N) is 1. The Kier molecular flexibility index (Phi) is 4.29. The molecule has 0 aromatic heterocycles. The molecule has 0 atom stereocenters. The van der Waals surface area contributed by atoms with Gasteiger partial charge in [-0.15, -0.1) is 12.6 Å². The average Bonchev–Trinajstić information content (AvgIpc) is 2.23. The minimum atomic E-state index is -3.10. The Morgan fingerprint density at radius 1 is 1.59 bits per heavy atom. The van der Waals surface area contributed by atoms with E-state index in [1.54, 1.807) is 6.07 Å². The van der Waals surface area contributed by atoms with Gasteiger partial charge in [-0.2, -0.15) is 14.0 Å². The molecule has 0 fully saturated rings. The van der Waals surface area contributed by atoms with Gasteiger partial charge in [0.15, 0.2) is 5.75 Å². The molecule has 1 rings (SSSR count). The zero-order valence-corrected chi connectivity index (χ0v) is 9.25. The molecule has 0 unspecified atom stereocenters. The molecule has 90 valence electrons. The normalized spacial score (nSPS) is 10.1. The van der Waals surface area contributed by atoms with Gasteiger partial charge in [-0.05, 0) is 11.6 Å². The van der Waals surface area contributed by atoms with E-state index in [-0.39, 0.29) is 22.4 Å². The van der Waals surface area contributed by atoms with Gasteiger partial charge in [0, 0.05) is 0 Å². The predicted octanol–water partition coefficient (Wildman–Crippen LogP) is 2.08. The maximum absolute atomic E-state index is 12.1. The Morgan fingerprint density at radius 2 is 2.24 bits per heavy atom. The van der Waals surface area contributed by atoms with Crippen LogP contribution < -0.4 is 4.74 Å². The standard InChI is InChI=1S/C10H7F2NO3S/c11-10(12)16-8-6(4-13)2-1-5(9(8)17)3-7(14)15/h1-2,10,17H,3H2,(H,14,15). The van der Waals surface area contributed by atoms with Gasteiger partial charge in [-0.1, -0.05) is 6.07 Å². The van der Waals surface area contributed by atoms with Gasteiger partial charge >= 0.3 is 12.6 Å². The fourth-order valence-corrected chi connectivity index (χ4v) is 1.54. The second kappa shape index (κ2) is 5.50. The Morgan fingerprint density at radius 3 is 2.71 bits per heavy atom. The van der Waals surface area contributed by atoms with E-state index in [0.29, 0.717) is 0 Å². The summed E-state index contributed by atoms with van der Waals surface area (Å²) in [5.41, 5.74) is 0.0833. The van der Waals surface area contributed by atoms with Gasteiger partial charge in [0.2, 0.25) is 0 Å². The van der Waals surface area contributed by atoms with E-state index in [4.69, 9.17) is 10.4 Å². The number of hydrogen-bond acceptors (Lipinski definition) is 4. The number of alkyl halides is 2. The number of aliphatic carboxylic acids is 1. The van der Waals surface area contributed by atoms with Gasteiger partial charge in [0.25, 0.3) is 0 Å². The lowest BCUT2D eigenvalue weighted by molar-refractivity contribution is -0.136. The highest BCUT2D eigenvalue weighted by Gasteiger charge is 2.17. The fraction of sp³-hybridized carbons (Fsp3) is 0.200. The number of carbonyl (C=O) groups is 1. The van der Waals surface area contributed by atoms with Crippen LogP contribution in [0.2, 0.25) is 0 Å². The van der Waals surface area contributed by atoms with E-state index >= 15 is 0 Å². The minimum Gasteiger partial charge on any atom is -0.481 e. The third-order valence-corrected chi connectivity index (χ3v) is 2.37. The summed E-state index contributed by atoms with van der Waals surface area (Å²) in [6.07, 6.45) is -0.385. The summed E-state index contributed by atoms with van der Waals surface area (Å²) < 4.78 is 28.4. The molecule has 0 amide bonds. The van der Waals surface area contributed by atoms with Crippen molar-refractivity contribution < 1.29 is 23.4 Å².